The first-order valence-electron chi connectivity index (χ1n) is 11.5. The van der Waals surface area contributed by atoms with Crippen molar-refractivity contribution in [3.8, 4) is 0 Å². The normalized spacial score (nSPS) is 22.3. The van der Waals surface area contributed by atoms with Crippen LogP contribution in [0.4, 0.5) is 0 Å². The Kier molecular flexibility index (Phi) is 6.24. The van der Waals surface area contributed by atoms with Crippen molar-refractivity contribution in [2.45, 2.75) is 58.8 Å². The van der Waals surface area contributed by atoms with Crippen LogP contribution in [-0.2, 0) is 14.8 Å². The van der Waals surface area contributed by atoms with Gasteiger partial charge in [0.15, 0.2) is 0 Å². The maximum atomic E-state index is 12.9. The van der Waals surface area contributed by atoms with Crippen LogP contribution in [0.2, 0.25) is 0 Å². The van der Waals surface area contributed by atoms with Crippen molar-refractivity contribution in [3.05, 3.63) is 41.0 Å². The Morgan fingerprint density at radius 3 is 2.19 bits per heavy atom. The standard InChI is InChI=1S/C24H33N3O3S/c1-17(2)19-7-9-20(10-8-19)22-18(3)23(25-31(22,29)30)26-15-11-21(12-16-26)24(28)27-13-5-4-6-14-27/h7-10,17,21H,4-6,11-16H2,1-3H3. The lowest BCUT2D eigenvalue weighted by Gasteiger charge is -2.36. The molecule has 3 aliphatic rings. The maximum Gasteiger partial charge on any atom is 0.285 e. The fourth-order valence-corrected chi connectivity index (χ4v) is 6.40. The van der Waals surface area contributed by atoms with Gasteiger partial charge in [-0.15, -0.1) is 4.40 Å². The summed E-state index contributed by atoms with van der Waals surface area (Å²) in [6.45, 7) is 9.17. The molecule has 0 aromatic heterocycles. The highest BCUT2D eigenvalue weighted by molar-refractivity contribution is 8.00. The minimum Gasteiger partial charge on any atom is -0.356 e. The van der Waals surface area contributed by atoms with Crippen LogP contribution in [-0.4, -0.2) is 56.1 Å². The summed E-state index contributed by atoms with van der Waals surface area (Å²) in [5.74, 6) is 1.26. The first-order valence-corrected chi connectivity index (χ1v) is 12.9. The number of amidine groups is 1. The van der Waals surface area contributed by atoms with Crippen LogP contribution >= 0.6 is 0 Å². The zero-order valence-electron chi connectivity index (χ0n) is 18.8. The molecule has 1 amide bonds. The zero-order chi connectivity index (χ0) is 22.2. The molecule has 4 rings (SSSR count). The first kappa shape index (κ1) is 22.1. The topological polar surface area (TPSA) is 70.0 Å². The van der Waals surface area contributed by atoms with E-state index in [0.29, 0.717) is 40.9 Å². The van der Waals surface area contributed by atoms with Crippen LogP contribution in [0.3, 0.4) is 0 Å². The largest absolute Gasteiger partial charge is 0.356 e. The molecular weight excluding hydrogens is 410 g/mol. The van der Waals surface area contributed by atoms with Crippen LogP contribution < -0.4 is 0 Å². The van der Waals surface area contributed by atoms with Gasteiger partial charge in [-0.3, -0.25) is 4.79 Å². The minimum absolute atomic E-state index is 0.0419. The maximum absolute atomic E-state index is 12.9. The number of piperidine rings is 2. The second kappa shape index (κ2) is 8.77. The Hall–Kier alpha value is -2.15. The third kappa shape index (κ3) is 4.43. The van der Waals surface area contributed by atoms with Gasteiger partial charge in [-0.2, -0.15) is 8.42 Å². The second-order valence-corrected chi connectivity index (χ2v) is 10.8. The quantitative estimate of drug-likeness (QED) is 0.708. The van der Waals surface area contributed by atoms with Crippen molar-refractivity contribution >= 4 is 26.7 Å². The third-order valence-electron chi connectivity index (χ3n) is 6.79. The molecule has 0 unspecified atom stereocenters. The van der Waals surface area contributed by atoms with Gasteiger partial charge in [-0.1, -0.05) is 38.1 Å². The number of rotatable bonds is 3. The van der Waals surface area contributed by atoms with E-state index in [0.717, 1.165) is 38.8 Å². The number of amides is 1. The average molecular weight is 444 g/mol. The summed E-state index contributed by atoms with van der Waals surface area (Å²) in [5, 5.41) is 0. The van der Waals surface area contributed by atoms with Gasteiger partial charge < -0.3 is 9.80 Å². The van der Waals surface area contributed by atoms with Gasteiger partial charge in [-0.25, -0.2) is 0 Å². The van der Waals surface area contributed by atoms with Gasteiger partial charge in [0.1, 0.15) is 10.7 Å². The molecule has 2 fully saturated rings. The van der Waals surface area contributed by atoms with Gasteiger partial charge in [-0.05, 0) is 56.1 Å². The van der Waals surface area contributed by atoms with Crippen molar-refractivity contribution < 1.29 is 13.2 Å². The number of sulfonamides is 1. The zero-order valence-corrected chi connectivity index (χ0v) is 19.6. The van der Waals surface area contributed by atoms with E-state index in [1.807, 2.05) is 41.0 Å². The minimum atomic E-state index is -3.72. The molecule has 6 nitrogen and oxygen atoms in total. The molecule has 0 aliphatic carbocycles. The number of benzene rings is 1. The molecule has 0 bridgehead atoms. The molecule has 31 heavy (non-hydrogen) atoms. The van der Waals surface area contributed by atoms with E-state index >= 15 is 0 Å². The molecule has 7 heteroatoms. The van der Waals surface area contributed by atoms with Crippen LogP contribution in [0, 0.1) is 5.92 Å². The van der Waals surface area contributed by atoms with E-state index in [2.05, 4.69) is 18.2 Å². The summed E-state index contributed by atoms with van der Waals surface area (Å²) in [6, 6.07) is 7.75. The number of hydrogen-bond donors (Lipinski definition) is 0. The lowest BCUT2D eigenvalue weighted by molar-refractivity contribution is -0.137. The van der Waals surface area contributed by atoms with Crippen molar-refractivity contribution in [1.82, 2.24) is 9.80 Å². The molecular formula is C24H33N3O3S. The molecule has 0 spiro atoms. The summed E-state index contributed by atoms with van der Waals surface area (Å²) in [5.41, 5.74) is 2.58. The summed E-state index contributed by atoms with van der Waals surface area (Å²) in [4.78, 5) is 17.2. The Morgan fingerprint density at radius 2 is 1.61 bits per heavy atom. The number of carbonyl (C=O) groups is 1. The highest BCUT2D eigenvalue weighted by Gasteiger charge is 2.36. The van der Waals surface area contributed by atoms with E-state index in [4.69, 9.17) is 0 Å². The van der Waals surface area contributed by atoms with Gasteiger partial charge in [0.2, 0.25) is 5.91 Å². The van der Waals surface area contributed by atoms with E-state index in [9.17, 15) is 13.2 Å². The van der Waals surface area contributed by atoms with Crippen molar-refractivity contribution in [1.29, 1.82) is 0 Å². The molecule has 0 atom stereocenters. The van der Waals surface area contributed by atoms with Gasteiger partial charge in [0.05, 0.1) is 0 Å². The fraction of sp³-hybridized carbons (Fsp3) is 0.583. The van der Waals surface area contributed by atoms with Gasteiger partial charge in [0, 0.05) is 37.7 Å². The smallest absolute Gasteiger partial charge is 0.285 e. The summed E-state index contributed by atoms with van der Waals surface area (Å²) >= 11 is 0. The Balaban J connectivity index is 1.48. The monoisotopic (exact) mass is 443 g/mol. The second-order valence-electron chi connectivity index (χ2n) is 9.27. The van der Waals surface area contributed by atoms with Crippen LogP contribution in [0.15, 0.2) is 34.2 Å². The number of hydrogen-bond acceptors (Lipinski definition) is 4. The van der Waals surface area contributed by atoms with Gasteiger partial charge >= 0.3 is 0 Å². The predicted octanol–water partition coefficient (Wildman–Crippen LogP) is 4.01. The van der Waals surface area contributed by atoms with Crippen molar-refractivity contribution in [2.75, 3.05) is 26.2 Å². The molecule has 1 aromatic carbocycles. The lowest BCUT2D eigenvalue weighted by atomic mass is 9.93. The van der Waals surface area contributed by atoms with E-state index in [1.54, 1.807) is 0 Å². The van der Waals surface area contributed by atoms with Crippen molar-refractivity contribution in [3.63, 3.8) is 0 Å². The first-order chi connectivity index (χ1) is 14.8. The van der Waals surface area contributed by atoms with E-state index in [1.165, 1.54) is 12.0 Å². The lowest BCUT2D eigenvalue weighted by Crippen LogP contribution is -2.45. The molecule has 3 heterocycles. The fourth-order valence-electron chi connectivity index (χ4n) is 4.91. The van der Waals surface area contributed by atoms with E-state index in [-0.39, 0.29) is 11.8 Å². The summed E-state index contributed by atoms with van der Waals surface area (Å²) < 4.78 is 29.9. The molecule has 1 aromatic rings. The van der Waals surface area contributed by atoms with Crippen LogP contribution in [0.1, 0.15) is 69.9 Å². The van der Waals surface area contributed by atoms with Crippen molar-refractivity contribution in [2.24, 2.45) is 10.3 Å². The van der Waals surface area contributed by atoms with Crippen LogP contribution in [0.25, 0.3) is 4.91 Å². The van der Waals surface area contributed by atoms with E-state index < -0.39 is 10.0 Å². The number of carbonyl (C=O) groups excluding carboxylic acids is 1. The molecule has 0 radical (unpaired) electrons. The molecule has 3 aliphatic heterocycles. The Bertz CT molecular complexity index is 995. The summed E-state index contributed by atoms with van der Waals surface area (Å²) in [6.07, 6.45) is 4.92. The third-order valence-corrected chi connectivity index (χ3v) is 8.26. The van der Waals surface area contributed by atoms with Crippen LogP contribution in [0.5, 0.6) is 0 Å². The predicted molar refractivity (Wildman–Crippen MR) is 124 cm³/mol. The number of likely N-dealkylation sites (tertiary alicyclic amines) is 2. The Labute approximate surface area is 186 Å². The molecule has 0 saturated carbocycles. The highest BCUT2D eigenvalue weighted by atomic mass is 32.2. The molecule has 2 saturated heterocycles. The van der Waals surface area contributed by atoms with Gasteiger partial charge in [0.25, 0.3) is 10.0 Å². The molecule has 0 N–H and O–H groups in total. The Morgan fingerprint density at radius 1 is 1.00 bits per heavy atom. The number of nitrogens with zero attached hydrogens (tertiary/aromatic N) is 3. The average Bonchev–Trinajstić information content (AvgIpc) is 3.02. The summed E-state index contributed by atoms with van der Waals surface area (Å²) in [7, 11) is -3.72. The molecule has 168 valence electrons. The SMILES string of the molecule is CC1=C(c2ccc(C(C)C)cc2)S(=O)(=O)N=C1N1CCC(C(=O)N2CCCCC2)CC1. The highest BCUT2D eigenvalue weighted by Crippen LogP contribution is 2.35.